The summed E-state index contributed by atoms with van der Waals surface area (Å²) in [5, 5.41) is 3.46. The fourth-order valence-electron chi connectivity index (χ4n) is 2.48. The lowest BCUT2D eigenvalue weighted by Gasteiger charge is -2.27. The monoisotopic (exact) mass is 285 g/mol. The van der Waals surface area contributed by atoms with Crippen LogP contribution in [-0.2, 0) is 0 Å². The minimum absolute atomic E-state index is 0.0462. The first-order valence-electron chi connectivity index (χ1n) is 7.37. The van der Waals surface area contributed by atoms with Crippen LogP contribution in [0.5, 0.6) is 5.75 Å². The number of hydrogen-bond acceptors (Lipinski definition) is 2. The Labute approximate surface area is 120 Å². The average Bonchev–Trinajstić information content (AvgIpc) is 2.40. The predicted octanol–water partition coefficient (Wildman–Crippen LogP) is 4.76. The lowest BCUT2D eigenvalue weighted by molar-refractivity contribution is -0.0508. The molecule has 0 aliphatic rings. The van der Waals surface area contributed by atoms with E-state index in [4.69, 9.17) is 0 Å². The van der Waals surface area contributed by atoms with Crippen LogP contribution in [0.4, 0.5) is 8.78 Å². The van der Waals surface area contributed by atoms with E-state index in [1.165, 1.54) is 0 Å². The summed E-state index contributed by atoms with van der Waals surface area (Å²) in [6, 6.07) is 7.12. The second-order valence-electron chi connectivity index (χ2n) is 5.11. The van der Waals surface area contributed by atoms with Gasteiger partial charge in [-0.3, -0.25) is 0 Å². The zero-order valence-corrected chi connectivity index (χ0v) is 12.5. The van der Waals surface area contributed by atoms with E-state index in [9.17, 15) is 8.78 Å². The summed E-state index contributed by atoms with van der Waals surface area (Å²) in [4.78, 5) is 0. The topological polar surface area (TPSA) is 21.3 Å². The molecule has 20 heavy (non-hydrogen) atoms. The van der Waals surface area contributed by atoms with Crippen molar-refractivity contribution in [3.63, 3.8) is 0 Å². The molecule has 1 aromatic rings. The molecule has 2 atom stereocenters. The Kier molecular flexibility index (Phi) is 7.52. The quantitative estimate of drug-likeness (QED) is 0.706. The third-order valence-corrected chi connectivity index (χ3v) is 3.40. The van der Waals surface area contributed by atoms with E-state index in [2.05, 4.69) is 30.8 Å². The van der Waals surface area contributed by atoms with E-state index in [1.807, 2.05) is 12.1 Å². The van der Waals surface area contributed by atoms with Gasteiger partial charge in [0.05, 0.1) is 0 Å². The van der Waals surface area contributed by atoms with Crippen LogP contribution < -0.4 is 10.1 Å². The highest BCUT2D eigenvalue weighted by Crippen LogP contribution is 2.33. The van der Waals surface area contributed by atoms with Gasteiger partial charge in [-0.1, -0.05) is 45.4 Å². The van der Waals surface area contributed by atoms with Crippen LogP contribution in [-0.4, -0.2) is 13.2 Å². The Morgan fingerprint density at radius 2 is 1.85 bits per heavy atom. The van der Waals surface area contributed by atoms with Crippen LogP contribution in [0.1, 0.15) is 51.6 Å². The number of halogens is 2. The zero-order valence-electron chi connectivity index (χ0n) is 12.5. The van der Waals surface area contributed by atoms with Gasteiger partial charge in [0.2, 0.25) is 0 Å². The van der Waals surface area contributed by atoms with Gasteiger partial charge in [0.15, 0.2) is 0 Å². The third kappa shape index (κ3) is 5.08. The molecule has 1 rings (SSSR count). The molecule has 0 spiro atoms. The van der Waals surface area contributed by atoms with E-state index >= 15 is 0 Å². The van der Waals surface area contributed by atoms with Crippen LogP contribution in [0.15, 0.2) is 24.3 Å². The minimum Gasteiger partial charge on any atom is -0.434 e. The van der Waals surface area contributed by atoms with Crippen molar-refractivity contribution in [2.45, 2.75) is 52.7 Å². The van der Waals surface area contributed by atoms with Gasteiger partial charge < -0.3 is 10.1 Å². The summed E-state index contributed by atoms with van der Waals surface area (Å²) in [5.41, 5.74) is 0.821. The van der Waals surface area contributed by atoms with E-state index in [-0.39, 0.29) is 11.8 Å². The zero-order chi connectivity index (χ0) is 15.0. The van der Waals surface area contributed by atoms with Crippen LogP contribution >= 0.6 is 0 Å². The molecule has 0 saturated heterocycles. The Hall–Kier alpha value is -1.16. The summed E-state index contributed by atoms with van der Waals surface area (Å²) >= 11 is 0. The molecule has 0 aliphatic heterocycles. The third-order valence-electron chi connectivity index (χ3n) is 3.40. The molecule has 0 aliphatic carbocycles. The minimum atomic E-state index is -2.79. The second-order valence-corrected chi connectivity index (χ2v) is 5.11. The molecule has 0 fully saturated rings. The maximum Gasteiger partial charge on any atom is 0.387 e. The van der Waals surface area contributed by atoms with Crippen molar-refractivity contribution >= 4 is 0 Å². The largest absolute Gasteiger partial charge is 0.434 e. The van der Waals surface area contributed by atoms with Crippen LogP contribution in [0.2, 0.25) is 0 Å². The fourth-order valence-corrected chi connectivity index (χ4v) is 2.48. The second kappa shape index (κ2) is 8.90. The molecule has 1 N–H and O–H groups in total. The first-order valence-corrected chi connectivity index (χ1v) is 7.37. The van der Waals surface area contributed by atoms with Crippen molar-refractivity contribution in [2.75, 3.05) is 6.54 Å². The highest BCUT2D eigenvalue weighted by molar-refractivity contribution is 5.36. The highest BCUT2D eigenvalue weighted by Gasteiger charge is 2.22. The summed E-state index contributed by atoms with van der Waals surface area (Å²) in [6.07, 6.45) is 3.13. The van der Waals surface area contributed by atoms with E-state index in [1.54, 1.807) is 12.1 Å². The molecule has 114 valence electrons. The summed E-state index contributed by atoms with van der Waals surface area (Å²) in [5.74, 6) is 0.646. The predicted molar refractivity (Wildman–Crippen MR) is 78.2 cm³/mol. The molecule has 2 nitrogen and oxygen atoms in total. The Morgan fingerprint density at radius 1 is 1.15 bits per heavy atom. The maximum absolute atomic E-state index is 12.5. The SMILES string of the molecule is CCCNC(c1ccccc1OC(F)F)C(C)CCC. The van der Waals surface area contributed by atoms with Gasteiger partial charge in [0.1, 0.15) is 5.75 Å². The molecule has 0 heterocycles. The van der Waals surface area contributed by atoms with Gasteiger partial charge in [0.25, 0.3) is 0 Å². The number of benzene rings is 1. The normalized spacial score (nSPS) is 14.3. The molecular weight excluding hydrogens is 260 g/mol. The first kappa shape index (κ1) is 16.9. The van der Waals surface area contributed by atoms with Crippen molar-refractivity contribution in [2.24, 2.45) is 5.92 Å². The summed E-state index contributed by atoms with van der Waals surface area (Å²) in [6.45, 7) is 4.45. The van der Waals surface area contributed by atoms with E-state index < -0.39 is 6.61 Å². The molecule has 2 unspecified atom stereocenters. The van der Waals surface area contributed by atoms with Gasteiger partial charge in [0, 0.05) is 11.6 Å². The van der Waals surface area contributed by atoms with Crippen LogP contribution in [0.3, 0.4) is 0 Å². The molecule has 0 amide bonds. The maximum atomic E-state index is 12.5. The molecular formula is C16H25F2NO. The number of nitrogens with one attached hydrogen (secondary N) is 1. The highest BCUT2D eigenvalue weighted by atomic mass is 19.3. The number of ether oxygens (including phenoxy) is 1. The van der Waals surface area contributed by atoms with Crippen molar-refractivity contribution in [3.8, 4) is 5.75 Å². The van der Waals surface area contributed by atoms with Crippen molar-refractivity contribution in [1.29, 1.82) is 0 Å². The van der Waals surface area contributed by atoms with E-state index in [0.29, 0.717) is 5.92 Å². The fraction of sp³-hybridized carbons (Fsp3) is 0.625. The molecule has 4 heteroatoms. The molecule has 1 aromatic carbocycles. The average molecular weight is 285 g/mol. The van der Waals surface area contributed by atoms with Gasteiger partial charge in [-0.2, -0.15) is 8.78 Å². The lowest BCUT2D eigenvalue weighted by Crippen LogP contribution is -2.28. The number of para-hydroxylation sites is 1. The van der Waals surface area contributed by atoms with Gasteiger partial charge in [-0.25, -0.2) is 0 Å². The van der Waals surface area contributed by atoms with Gasteiger partial charge >= 0.3 is 6.61 Å². The van der Waals surface area contributed by atoms with Crippen molar-refractivity contribution in [1.82, 2.24) is 5.32 Å². The molecule has 0 saturated carbocycles. The molecule has 0 radical (unpaired) electrons. The molecule has 0 bridgehead atoms. The summed E-state index contributed by atoms with van der Waals surface area (Å²) < 4.78 is 29.7. The van der Waals surface area contributed by atoms with Crippen molar-refractivity contribution in [3.05, 3.63) is 29.8 Å². The van der Waals surface area contributed by atoms with E-state index in [0.717, 1.165) is 31.4 Å². The smallest absolute Gasteiger partial charge is 0.387 e. The number of hydrogen-bond donors (Lipinski definition) is 1. The lowest BCUT2D eigenvalue weighted by atomic mass is 9.90. The molecule has 0 aromatic heterocycles. The van der Waals surface area contributed by atoms with Crippen LogP contribution in [0, 0.1) is 5.92 Å². The Balaban J connectivity index is 2.99. The van der Waals surface area contributed by atoms with Gasteiger partial charge in [-0.05, 0) is 31.4 Å². The number of rotatable bonds is 9. The Bertz CT molecular complexity index is 384. The van der Waals surface area contributed by atoms with Gasteiger partial charge in [-0.15, -0.1) is 0 Å². The first-order chi connectivity index (χ1) is 9.60. The standard InChI is InChI=1S/C16H25F2NO/c1-4-8-12(3)15(19-11-5-2)13-9-6-7-10-14(13)20-16(17)18/h6-7,9-10,12,15-16,19H,4-5,8,11H2,1-3H3. The Morgan fingerprint density at radius 3 is 2.45 bits per heavy atom. The van der Waals surface area contributed by atoms with Crippen LogP contribution in [0.25, 0.3) is 0 Å². The van der Waals surface area contributed by atoms with Crippen molar-refractivity contribution < 1.29 is 13.5 Å². The summed E-state index contributed by atoms with van der Waals surface area (Å²) in [7, 11) is 0. The number of alkyl halides is 2.